The van der Waals surface area contributed by atoms with Crippen molar-refractivity contribution in [2.45, 2.75) is 26.9 Å². The minimum absolute atomic E-state index is 0.0772. The van der Waals surface area contributed by atoms with Crippen LogP contribution in [0.4, 0.5) is 0 Å². The van der Waals surface area contributed by atoms with Crippen molar-refractivity contribution in [3.05, 3.63) is 0 Å². The third-order valence-electron chi connectivity index (χ3n) is 1.36. The lowest BCUT2D eigenvalue weighted by Gasteiger charge is -2.18. The molecule has 1 atom stereocenters. The zero-order valence-electron chi connectivity index (χ0n) is 7.72. The van der Waals surface area contributed by atoms with Crippen LogP contribution in [-0.2, 0) is 4.79 Å². The topological polar surface area (TPSA) is 49.3 Å². The minimum Gasteiger partial charge on any atom is -0.390 e. The van der Waals surface area contributed by atoms with Crippen molar-refractivity contribution in [1.82, 2.24) is 5.32 Å². The number of carbonyl (C=O) groups is 1. The summed E-state index contributed by atoms with van der Waals surface area (Å²) in [5, 5.41) is 11.6. The Kier molecular flexibility index (Phi) is 4.57. The Labute approximate surface area is 78.1 Å². The zero-order chi connectivity index (χ0) is 9.78. The first-order valence-electron chi connectivity index (χ1n) is 3.90. The smallest absolute Gasteiger partial charge is 0.225 e. The highest BCUT2D eigenvalue weighted by atomic mass is 35.5. The molecule has 0 aliphatic heterocycles. The van der Waals surface area contributed by atoms with Crippen molar-refractivity contribution in [3.8, 4) is 0 Å². The first kappa shape index (κ1) is 11.7. The number of alkyl halides is 1. The standard InChI is InChI=1S/C8H16ClNO2/c1-8(2,3)7(12)10-5-6(11)4-9/h6,11H,4-5H2,1-3H3,(H,10,12)/t6-/m1/s1. The molecule has 0 unspecified atom stereocenters. The van der Waals surface area contributed by atoms with E-state index in [2.05, 4.69) is 5.32 Å². The van der Waals surface area contributed by atoms with Gasteiger partial charge in [0.05, 0.1) is 12.0 Å². The summed E-state index contributed by atoms with van der Waals surface area (Å²) >= 11 is 5.35. The maximum atomic E-state index is 11.2. The number of nitrogens with one attached hydrogen (secondary N) is 1. The van der Waals surface area contributed by atoms with E-state index in [1.165, 1.54) is 0 Å². The van der Waals surface area contributed by atoms with Gasteiger partial charge in [0.2, 0.25) is 5.91 Å². The van der Waals surface area contributed by atoms with E-state index in [0.29, 0.717) is 0 Å². The largest absolute Gasteiger partial charge is 0.390 e. The molecule has 0 spiro atoms. The highest BCUT2D eigenvalue weighted by Gasteiger charge is 2.21. The number of amides is 1. The molecule has 0 heterocycles. The summed E-state index contributed by atoms with van der Waals surface area (Å²) in [6.45, 7) is 5.67. The molecule has 3 nitrogen and oxygen atoms in total. The molecular formula is C8H16ClNO2. The number of aliphatic hydroxyl groups is 1. The van der Waals surface area contributed by atoms with Crippen molar-refractivity contribution in [2.75, 3.05) is 12.4 Å². The van der Waals surface area contributed by atoms with Gasteiger partial charge in [-0.25, -0.2) is 0 Å². The van der Waals surface area contributed by atoms with E-state index in [9.17, 15) is 4.79 Å². The van der Waals surface area contributed by atoms with E-state index in [4.69, 9.17) is 16.7 Å². The average Bonchev–Trinajstić information content (AvgIpc) is 1.97. The lowest BCUT2D eigenvalue weighted by atomic mass is 9.96. The van der Waals surface area contributed by atoms with Gasteiger partial charge in [-0.05, 0) is 0 Å². The van der Waals surface area contributed by atoms with Gasteiger partial charge >= 0.3 is 0 Å². The zero-order valence-corrected chi connectivity index (χ0v) is 8.48. The number of rotatable bonds is 3. The number of carbonyl (C=O) groups excluding carboxylic acids is 1. The van der Waals surface area contributed by atoms with Crippen molar-refractivity contribution in [1.29, 1.82) is 0 Å². The van der Waals surface area contributed by atoms with Crippen molar-refractivity contribution in [2.24, 2.45) is 5.41 Å². The van der Waals surface area contributed by atoms with Gasteiger partial charge in [-0.15, -0.1) is 11.6 Å². The second kappa shape index (κ2) is 4.67. The molecule has 72 valence electrons. The Morgan fingerprint density at radius 2 is 2.08 bits per heavy atom. The van der Waals surface area contributed by atoms with Crippen molar-refractivity contribution < 1.29 is 9.90 Å². The van der Waals surface area contributed by atoms with Crippen LogP contribution in [0.5, 0.6) is 0 Å². The van der Waals surface area contributed by atoms with Crippen LogP contribution in [0.15, 0.2) is 0 Å². The first-order valence-corrected chi connectivity index (χ1v) is 4.43. The number of aliphatic hydroxyl groups excluding tert-OH is 1. The van der Waals surface area contributed by atoms with Crippen LogP contribution in [0.2, 0.25) is 0 Å². The molecule has 0 rings (SSSR count). The molecular weight excluding hydrogens is 178 g/mol. The molecule has 0 aliphatic rings. The van der Waals surface area contributed by atoms with Crippen LogP contribution >= 0.6 is 11.6 Å². The Morgan fingerprint density at radius 1 is 1.58 bits per heavy atom. The lowest BCUT2D eigenvalue weighted by molar-refractivity contribution is -0.128. The van der Waals surface area contributed by atoms with Crippen molar-refractivity contribution in [3.63, 3.8) is 0 Å². The molecule has 4 heteroatoms. The van der Waals surface area contributed by atoms with Gasteiger partial charge in [-0.1, -0.05) is 20.8 Å². The van der Waals surface area contributed by atoms with E-state index in [0.717, 1.165) is 0 Å². The summed E-state index contributed by atoms with van der Waals surface area (Å²) < 4.78 is 0. The van der Waals surface area contributed by atoms with Gasteiger partial charge in [0.1, 0.15) is 0 Å². The van der Waals surface area contributed by atoms with E-state index in [1.807, 2.05) is 20.8 Å². The maximum absolute atomic E-state index is 11.2. The Hall–Kier alpha value is -0.280. The third kappa shape index (κ3) is 4.57. The summed E-state index contributed by atoms with van der Waals surface area (Å²) in [6.07, 6.45) is -0.655. The fourth-order valence-electron chi connectivity index (χ4n) is 0.530. The van der Waals surface area contributed by atoms with Gasteiger partial charge in [-0.2, -0.15) is 0 Å². The van der Waals surface area contributed by atoms with Crippen LogP contribution in [0.3, 0.4) is 0 Å². The minimum atomic E-state index is -0.655. The summed E-state index contributed by atoms with van der Waals surface area (Å²) in [5.74, 6) is 0.0661. The predicted molar refractivity (Wildman–Crippen MR) is 49.2 cm³/mol. The Morgan fingerprint density at radius 3 is 2.42 bits per heavy atom. The van der Waals surface area contributed by atoms with Crippen LogP contribution in [-0.4, -0.2) is 29.5 Å². The number of hydrogen-bond acceptors (Lipinski definition) is 2. The second-order valence-corrected chi connectivity index (χ2v) is 4.08. The van der Waals surface area contributed by atoms with Crippen LogP contribution in [0.25, 0.3) is 0 Å². The van der Waals surface area contributed by atoms with E-state index < -0.39 is 11.5 Å². The SMILES string of the molecule is CC(C)(C)C(=O)NC[C@H](O)CCl. The summed E-state index contributed by atoms with van der Waals surface area (Å²) in [7, 11) is 0. The summed E-state index contributed by atoms with van der Waals surface area (Å²) in [5.41, 5.74) is -0.411. The average molecular weight is 194 g/mol. The number of halogens is 1. The lowest BCUT2D eigenvalue weighted by Crippen LogP contribution is -2.39. The quantitative estimate of drug-likeness (QED) is 0.650. The molecule has 0 aromatic carbocycles. The van der Waals surface area contributed by atoms with Gasteiger partial charge in [0, 0.05) is 12.0 Å². The molecule has 12 heavy (non-hydrogen) atoms. The fourth-order valence-corrected chi connectivity index (χ4v) is 0.639. The highest BCUT2D eigenvalue weighted by Crippen LogP contribution is 2.12. The molecule has 0 aromatic heterocycles. The molecule has 0 saturated carbocycles. The summed E-state index contributed by atoms with van der Waals surface area (Å²) in [4.78, 5) is 11.2. The monoisotopic (exact) mass is 193 g/mol. The van der Waals surface area contributed by atoms with Crippen LogP contribution in [0, 0.1) is 5.41 Å². The molecule has 0 aromatic rings. The first-order chi connectivity index (χ1) is 5.38. The maximum Gasteiger partial charge on any atom is 0.225 e. The van der Waals surface area contributed by atoms with E-state index >= 15 is 0 Å². The predicted octanol–water partition coefficient (Wildman–Crippen LogP) is 0.748. The third-order valence-corrected chi connectivity index (χ3v) is 1.71. The summed E-state index contributed by atoms with van der Waals surface area (Å²) in [6, 6.07) is 0. The van der Waals surface area contributed by atoms with Gasteiger partial charge in [0.15, 0.2) is 0 Å². The van der Waals surface area contributed by atoms with Gasteiger partial charge in [-0.3, -0.25) is 4.79 Å². The Bertz CT molecular complexity index is 154. The molecule has 1 amide bonds. The molecule has 0 bridgehead atoms. The van der Waals surface area contributed by atoms with Crippen molar-refractivity contribution >= 4 is 17.5 Å². The fraction of sp³-hybridized carbons (Fsp3) is 0.875. The highest BCUT2D eigenvalue weighted by molar-refractivity contribution is 6.18. The molecule has 0 saturated heterocycles. The molecule has 0 fully saturated rings. The molecule has 2 N–H and O–H groups in total. The van der Waals surface area contributed by atoms with Crippen LogP contribution < -0.4 is 5.32 Å². The van der Waals surface area contributed by atoms with Crippen LogP contribution in [0.1, 0.15) is 20.8 Å². The second-order valence-electron chi connectivity index (χ2n) is 3.77. The van der Waals surface area contributed by atoms with Gasteiger partial charge in [0.25, 0.3) is 0 Å². The molecule has 0 aliphatic carbocycles. The Balaban J connectivity index is 3.73. The molecule has 0 radical (unpaired) electrons. The number of hydrogen-bond donors (Lipinski definition) is 2. The normalized spacial score (nSPS) is 14.1. The van der Waals surface area contributed by atoms with Gasteiger partial charge < -0.3 is 10.4 Å². The van der Waals surface area contributed by atoms with E-state index in [1.54, 1.807) is 0 Å². The van der Waals surface area contributed by atoms with E-state index in [-0.39, 0.29) is 18.3 Å².